The van der Waals surface area contributed by atoms with Crippen molar-refractivity contribution in [3.63, 3.8) is 0 Å². The van der Waals surface area contributed by atoms with Crippen LogP contribution in [-0.2, 0) is 16.1 Å². The lowest BCUT2D eigenvalue weighted by Crippen LogP contribution is -2.42. The van der Waals surface area contributed by atoms with Crippen molar-refractivity contribution >= 4 is 29.2 Å². The van der Waals surface area contributed by atoms with Crippen LogP contribution in [0.25, 0.3) is 0 Å². The van der Waals surface area contributed by atoms with E-state index in [0.717, 1.165) is 0 Å². The lowest BCUT2D eigenvalue weighted by molar-refractivity contribution is -0.150. The first-order valence-electron chi connectivity index (χ1n) is 5.96. The van der Waals surface area contributed by atoms with Gasteiger partial charge in [-0.1, -0.05) is 18.5 Å². The first-order chi connectivity index (χ1) is 9.01. The van der Waals surface area contributed by atoms with Gasteiger partial charge in [0.2, 0.25) is 11.8 Å². The average Bonchev–Trinajstić information content (AvgIpc) is 2.35. The molecule has 0 spiro atoms. The first-order valence-corrected chi connectivity index (χ1v) is 6.34. The van der Waals surface area contributed by atoms with E-state index in [9.17, 15) is 9.59 Å². The van der Waals surface area contributed by atoms with Gasteiger partial charge in [0.25, 0.3) is 0 Å². The molecule has 1 aromatic rings. The Morgan fingerprint density at radius 3 is 2.63 bits per heavy atom. The average molecular weight is 283 g/mol. The van der Waals surface area contributed by atoms with Crippen molar-refractivity contribution in [1.82, 2.24) is 9.88 Å². The summed E-state index contributed by atoms with van der Waals surface area (Å²) in [5, 5.41) is 0.401. The Hall–Kier alpha value is -1.66. The van der Waals surface area contributed by atoms with Crippen molar-refractivity contribution in [2.75, 3.05) is 5.43 Å². The smallest absolute Gasteiger partial charge is 0.229 e. The highest BCUT2D eigenvalue weighted by Gasteiger charge is 2.30. The summed E-state index contributed by atoms with van der Waals surface area (Å²) < 4.78 is 0. The Bertz CT molecular complexity index is 502. The van der Waals surface area contributed by atoms with Gasteiger partial charge in [0.1, 0.15) is 5.82 Å². The number of nitrogens with one attached hydrogen (secondary N) is 1. The maximum absolute atomic E-state index is 11.9. The number of carbonyl (C=O) groups is 2. The molecule has 1 saturated heterocycles. The minimum absolute atomic E-state index is 0.0821. The van der Waals surface area contributed by atoms with Gasteiger partial charge in [0, 0.05) is 12.8 Å². The number of nitrogens with two attached hydrogens (primary N) is 1. The fourth-order valence-electron chi connectivity index (χ4n) is 2.03. The lowest BCUT2D eigenvalue weighted by atomic mass is 9.97. The summed E-state index contributed by atoms with van der Waals surface area (Å²) in [6, 6.07) is 3.24. The molecule has 6 nitrogen and oxygen atoms in total. The summed E-state index contributed by atoms with van der Waals surface area (Å²) in [5.74, 6) is 5.43. The zero-order valence-corrected chi connectivity index (χ0v) is 11.3. The molecule has 0 radical (unpaired) electrons. The number of aromatic nitrogens is 1. The van der Waals surface area contributed by atoms with Crippen LogP contribution in [0.5, 0.6) is 0 Å². The zero-order valence-electron chi connectivity index (χ0n) is 10.5. The van der Waals surface area contributed by atoms with Crippen LogP contribution in [0, 0.1) is 5.92 Å². The molecule has 1 fully saturated rings. The largest absolute Gasteiger partial charge is 0.308 e. The molecule has 102 valence electrons. The number of amides is 2. The number of halogens is 1. The van der Waals surface area contributed by atoms with Crippen LogP contribution in [0.15, 0.2) is 12.1 Å². The molecule has 1 aliphatic rings. The van der Waals surface area contributed by atoms with E-state index in [-0.39, 0.29) is 24.3 Å². The van der Waals surface area contributed by atoms with Crippen LogP contribution < -0.4 is 11.3 Å². The Morgan fingerprint density at radius 1 is 1.42 bits per heavy atom. The summed E-state index contributed by atoms with van der Waals surface area (Å²) >= 11 is 6.02. The fraction of sp³-hybridized carbons (Fsp3) is 0.417. The van der Waals surface area contributed by atoms with Crippen molar-refractivity contribution in [2.45, 2.75) is 26.3 Å². The predicted molar refractivity (Wildman–Crippen MR) is 71.0 cm³/mol. The van der Waals surface area contributed by atoms with Gasteiger partial charge in [-0.3, -0.25) is 14.5 Å². The van der Waals surface area contributed by atoms with Crippen LogP contribution in [0.4, 0.5) is 5.82 Å². The second kappa shape index (κ2) is 5.54. The number of nitrogens with zero attached hydrogens (tertiary/aromatic N) is 2. The van der Waals surface area contributed by atoms with Crippen molar-refractivity contribution < 1.29 is 9.59 Å². The highest BCUT2D eigenvalue weighted by molar-refractivity contribution is 6.31. The molecule has 2 rings (SSSR count). The van der Waals surface area contributed by atoms with Crippen LogP contribution >= 0.6 is 11.6 Å². The number of hydrogen-bond acceptors (Lipinski definition) is 5. The maximum Gasteiger partial charge on any atom is 0.229 e. The van der Waals surface area contributed by atoms with Crippen molar-refractivity contribution in [1.29, 1.82) is 0 Å². The van der Waals surface area contributed by atoms with Crippen LogP contribution in [0.1, 0.15) is 25.5 Å². The van der Waals surface area contributed by atoms with E-state index in [4.69, 9.17) is 17.4 Å². The van der Waals surface area contributed by atoms with E-state index in [1.807, 2.05) is 6.92 Å². The molecule has 2 heterocycles. The number of pyridine rings is 1. The maximum atomic E-state index is 11.9. The number of likely N-dealkylation sites (tertiary alicyclic amines) is 1. The molecule has 0 bridgehead atoms. The summed E-state index contributed by atoms with van der Waals surface area (Å²) in [6.07, 6.45) is 0.746. The van der Waals surface area contributed by atoms with Gasteiger partial charge in [0.05, 0.1) is 17.3 Å². The van der Waals surface area contributed by atoms with Crippen molar-refractivity contribution in [3.8, 4) is 0 Å². The molecule has 7 heteroatoms. The minimum atomic E-state index is -0.187. The quantitative estimate of drug-likeness (QED) is 0.496. The molecule has 0 aromatic carbocycles. The van der Waals surface area contributed by atoms with Crippen LogP contribution in [-0.4, -0.2) is 21.7 Å². The van der Waals surface area contributed by atoms with Crippen molar-refractivity contribution in [3.05, 3.63) is 22.8 Å². The van der Waals surface area contributed by atoms with E-state index < -0.39 is 0 Å². The molecule has 2 amide bonds. The fourth-order valence-corrected chi connectivity index (χ4v) is 2.19. The molecule has 1 aromatic heterocycles. The Balaban J connectivity index is 2.20. The van der Waals surface area contributed by atoms with Gasteiger partial charge in [-0.25, -0.2) is 10.8 Å². The SMILES string of the molecule is CC1CC(=O)N(Cc2nc(NN)ccc2Cl)C(=O)C1. The number of anilines is 1. The third-order valence-corrected chi connectivity index (χ3v) is 3.37. The number of hydrazine groups is 1. The number of carbonyl (C=O) groups excluding carboxylic acids is 2. The Labute approximate surface area is 115 Å². The Morgan fingerprint density at radius 2 is 2.05 bits per heavy atom. The highest BCUT2D eigenvalue weighted by atomic mass is 35.5. The van der Waals surface area contributed by atoms with Gasteiger partial charge in [-0.05, 0) is 18.1 Å². The topological polar surface area (TPSA) is 88.3 Å². The molecule has 0 atom stereocenters. The van der Waals surface area contributed by atoms with Gasteiger partial charge >= 0.3 is 0 Å². The summed E-state index contributed by atoms with van der Waals surface area (Å²) in [7, 11) is 0. The normalized spacial score (nSPS) is 16.9. The summed E-state index contributed by atoms with van der Waals surface area (Å²) in [4.78, 5) is 29.1. The summed E-state index contributed by atoms with van der Waals surface area (Å²) in [6.45, 7) is 1.97. The van der Waals surface area contributed by atoms with Gasteiger partial charge < -0.3 is 5.43 Å². The van der Waals surface area contributed by atoms with Crippen molar-refractivity contribution in [2.24, 2.45) is 11.8 Å². The number of rotatable bonds is 3. The predicted octanol–water partition coefficient (Wildman–Crippen LogP) is 1.31. The van der Waals surface area contributed by atoms with E-state index in [1.54, 1.807) is 12.1 Å². The van der Waals surface area contributed by atoms with E-state index in [1.165, 1.54) is 4.90 Å². The van der Waals surface area contributed by atoms with E-state index in [0.29, 0.717) is 29.4 Å². The third-order valence-electron chi connectivity index (χ3n) is 3.02. The molecule has 0 unspecified atom stereocenters. The number of nitrogen functional groups attached to an aromatic ring is 1. The molecular formula is C12H15ClN4O2. The first kappa shape index (κ1) is 13.8. The van der Waals surface area contributed by atoms with Crippen LogP contribution in [0.3, 0.4) is 0 Å². The number of piperidine rings is 1. The molecule has 3 N–H and O–H groups in total. The lowest BCUT2D eigenvalue weighted by Gasteiger charge is -2.28. The van der Waals surface area contributed by atoms with E-state index >= 15 is 0 Å². The third kappa shape index (κ3) is 3.02. The second-order valence-corrected chi connectivity index (χ2v) is 5.06. The molecular weight excluding hydrogens is 268 g/mol. The molecule has 0 saturated carbocycles. The number of hydrogen-bond donors (Lipinski definition) is 2. The molecule has 19 heavy (non-hydrogen) atoms. The van der Waals surface area contributed by atoms with Gasteiger partial charge in [0.15, 0.2) is 0 Å². The molecule has 1 aliphatic heterocycles. The van der Waals surface area contributed by atoms with E-state index in [2.05, 4.69) is 10.4 Å². The minimum Gasteiger partial charge on any atom is -0.308 e. The Kier molecular flexibility index (Phi) is 4.01. The summed E-state index contributed by atoms with van der Waals surface area (Å²) in [5.41, 5.74) is 2.86. The van der Waals surface area contributed by atoms with Crippen LogP contribution in [0.2, 0.25) is 5.02 Å². The van der Waals surface area contributed by atoms with Gasteiger partial charge in [-0.15, -0.1) is 0 Å². The zero-order chi connectivity index (χ0) is 14.0. The standard InChI is InChI=1S/C12H15ClN4O2/c1-7-4-11(18)17(12(19)5-7)6-9-8(13)2-3-10(15-9)16-14/h2-3,7H,4-6,14H2,1H3,(H,15,16). The monoisotopic (exact) mass is 282 g/mol. The number of imide groups is 1. The second-order valence-electron chi connectivity index (χ2n) is 4.66. The molecule has 0 aliphatic carbocycles. The van der Waals surface area contributed by atoms with Gasteiger partial charge in [-0.2, -0.15) is 0 Å². The highest BCUT2D eigenvalue weighted by Crippen LogP contribution is 2.23.